The van der Waals surface area contributed by atoms with Crippen molar-refractivity contribution in [2.24, 2.45) is 0 Å². The molecule has 0 aromatic heterocycles. The Bertz CT molecular complexity index is 799. The largest absolute Gasteiger partial charge is 0.508 e. The zero-order chi connectivity index (χ0) is 17.5. The molecule has 0 aliphatic carbocycles. The quantitative estimate of drug-likeness (QED) is 0.487. The summed E-state index contributed by atoms with van der Waals surface area (Å²) in [6.45, 7) is 2.80. The first kappa shape index (κ1) is 16.7. The lowest BCUT2D eigenvalue weighted by Gasteiger charge is -2.13. The number of phenolic OH excluding ortho intramolecular Hbond substituents is 1. The lowest BCUT2D eigenvalue weighted by Crippen LogP contribution is -1.99. The van der Waals surface area contributed by atoms with Gasteiger partial charge in [0, 0.05) is 17.1 Å². The van der Waals surface area contributed by atoms with Gasteiger partial charge >= 0.3 is 0 Å². The number of rotatable bonds is 7. The van der Waals surface area contributed by atoms with E-state index in [-0.39, 0.29) is 5.75 Å². The van der Waals surface area contributed by atoms with Crippen molar-refractivity contribution in [3.8, 4) is 11.5 Å². The van der Waals surface area contributed by atoms with Crippen molar-refractivity contribution >= 4 is 22.7 Å². The average molecular weight is 334 g/mol. The molecule has 3 aromatic carbocycles. The molecule has 0 unspecified atom stereocenters. The summed E-state index contributed by atoms with van der Waals surface area (Å²) >= 11 is 0. The second-order valence-corrected chi connectivity index (χ2v) is 5.72. The third-order valence-electron chi connectivity index (χ3n) is 3.67. The van der Waals surface area contributed by atoms with Crippen LogP contribution in [-0.4, -0.2) is 11.7 Å². The van der Waals surface area contributed by atoms with E-state index in [1.54, 1.807) is 12.1 Å². The van der Waals surface area contributed by atoms with Gasteiger partial charge in [-0.3, -0.25) is 0 Å². The maximum absolute atomic E-state index is 9.33. The van der Waals surface area contributed by atoms with E-state index in [4.69, 9.17) is 4.74 Å². The summed E-state index contributed by atoms with van der Waals surface area (Å²) in [4.78, 5) is 0. The number of anilines is 4. The van der Waals surface area contributed by atoms with Gasteiger partial charge in [-0.15, -0.1) is 0 Å². The highest BCUT2D eigenvalue weighted by Gasteiger charge is 2.03. The fourth-order valence-electron chi connectivity index (χ4n) is 2.41. The smallest absolute Gasteiger partial charge is 0.142 e. The van der Waals surface area contributed by atoms with Crippen molar-refractivity contribution in [2.75, 3.05) is 17.2 Å². The number of aromatic hydroxyl groups is 1. The first-order valence-electron chi connectivity index (χ1n) is 8.39. The molecule has 0 heterocycles. The van der Waals surface area contributed by atoms with Crippen LogP contribution in [0.15, 0.2) is 72.8 Å². The summed E-state index contributed by atoms with van der Waals surface area (Å²) in [5.74, 6) is 1.12. The number of para-hydroxylation sites is 2. The van der Waals surface area contributed by atoms with E-state index in [0.29, 0.717) is 6.61 Å². The van der Waals surface area contributed by atoms with Gasteiger partial charge in [0.05, 0.1) is 12.3 Å². The molecular formula is C21H22N2O2. The maximum atomic E-state index is 9.33. The average Bonchev–Trinajstić information content (AvgIpc) is 2.64. The van der Waals surface area contributed by atoms with Crippen molar-refractivity contribution in [2.45, 2.75) is 13.3 Å². The summed E-state index contributed by atoms with van der Waals surface area (Å²) in [7, 11) is 0. The predicted molar refractivity (Wildman–Crippen MR) is 103 cm³/mol. The van der Waals surface area contributed by atoms with Gasteiger partial charge in [0.1, 0.15) is 11.5 Å². The fourth-order valence-corrected chi connectivity index (χ4v) is 2.41. The first-order chi connectivity index (χ1) is 12.2. The van der Waals surface area contributed by atoms with Gasteiger partial charge in [-0.25, -0.2) is 0 Å². The van der Waals surface area contributed by atoms with E-state index < -0.39 is 0 Å². The number of hydrogen-bond donors (Lipinski definition) is 3. The van der Waals surface area contributed by atoms with Crippen molar-refractivity contribution < 1.29 is 9.84 Å². The normalized spacial score (nSPS) is 10.3. The van der Waals surface area contributed by atoms with Gasteiger partial charge in [-0.1, -0.05) is 19.1 Å². The van der Waals surface area contributed by atoms with Crippen LogP contribution in [0.2, 0.25) is 0 Å². The molecule has 0 aliphatic heterocycles. The number of hydrogen-bond acceptors (Lipinski definition) is 4. The highest BCUT2D eigenvalue weighted by atomic mass is 16.5. The molecule has 0 radical (unpaired) electrons. The van der Waals surface area contributed by atoms with Crippen LogP contribution in [0.5, 0.6) is 11.5 Å². The predicted octanol–water partition coefficient (Wildman–Crippen LogP) is 5.67. The molecule has 25 heavy (non-hydrogen) atoms. The van der Waals surface area contributed by atoms with E-state index >= 15 is 0 Å². The molecule has 0 aliphatic rings. The minimum atomic E-state index is 0.258. The molecule has 4 heteroatoms. The zero-order valence-corrected chi connectivity index (χ0v) is 14.2. The Labute approximate surface area is 148 Å². The second kappa shape index (κ2) is 8.11. The minimum Gasteiger partial charge on any atom is -0.508 e. The lowest BCUT2D eigenvalue weighted by atomic mass is 10.2. The SMILES string of the molecule is CCCOc1ccccc1Nc1ccc(Nc2ccc(O)cc2)cc1. The van der Waals surface area contributed by atoms with Gasteiger partial charge in [0.25, 0.3) is 0 Å². The Kier molecular flexibility index (Phi) is 5.42. The minimum absolute atomic E-state index is 0.258. The molecule has 4 nitrogen and oxygen atoms in total. The molecule has 0 saturated heterocycles. The molecule has 3 N–H and O–H groups in total. The number of ether oxygens (including phenoxy) is 1. The van der Waals surface area contributed by atoms with Crippen LogP contribution < -0.4 is 15.4 Å². The highest BCUT2D eigenvalue weighted by Crippen LogP contribution is 2.28. The third-order valence-corrected chi connectivity index (χ3v) is 3.67. The highest BCUT2D eigenvalue weighted by molar-refractivity contribution is 5.69. The van der Waals surface area contributed by atoms with Crippen LogP contribution in [0.1, 0.15) is 13.3 Å². The molecule has 0 bridgehead atoms. The standard InChI is InChI=1S/C21H22N2O2/c1-2-15-25-21-6-4-3-5-20(21)23-18-9-7-16(8-10-18)22-17-11-13-19(24)14-12-17/h3-14,22-24H,2,15H2,1H3. The number of benzene rings is 3. The summed E-state index contributed by atoms with van der Waals surface area (Å²) in [5, 5.41) is 16.0. The molecule has 0 amide bonds. The Hall–Kier alpha value is -3.14. The summed E-state index contributed by atoms with van der Waals surface area (Å²) in [6.07, 6.45) is 0.978. The van der Waals surface area contributed by atoms with Crippen LogP contribution in [0.25, 0.3) is 0 Å². The zero-order valence-electron chi connectivity index (χ0n) is 14.2. The Morgan fingerprint density at radius 2 is 1.32 bits per heavy atom. The van der Waals surface area contributed by atoms with E-state index in [0.717, 1.165) is 34.9 Å². The Balaban J connectivity index is 1.67. The van der Waals surface area contributed by atoms with E-state index in [1.807, 2.05) is 60.7 Å². The number of phenols is 1. The first-order valence-corrected chi connectivity index (χ1v) is 8.39. The van der Waals surface area contributed by atoms with Crippen molar-refractivity contribution in [3.05, 3.63) is 72.8 Å². The van der Waals surface area contributed by atoms with Crippen molar-refractivity contribution in [1.82, 2.24) is 0 Å². The van der Waals surface area contributed by atoms with Crippen LogP contribution in [0.4, 0.5) is 22.7 Å². The van der Waals surface area contributed by atoms with Gasteiger partial charge in [0.2, 0.25) is 0 Å². The molecule has 3 aromatic rings. The lowest BCUT2D eigenvalue weighted by molar-refractivity contribution is 0.319. The van der Waals surface area contributed by atoms with Gasteiger partial charge in [0.15, 0.2) is 0 Å². The van der Waals surface area contributed by atoms with E-state index in [2.05, 4.69) is 17.6 Å². The van der Waals surface area contributed by atoms with Gasteiger partial charge < -0.3 is 20.5 Å². The van der Waals surface area contributed by atoms with E-state index in [1.165, 1.54) is 0 Å². The topological polar surface area (TPSA) is 53.5 Å². The second-order valence-electron chi connectivity index (χ2n) is 5.72. The summed E-state index contributed by atoms with van der Waals surface area (Å²) in [5.41, 5.74) is 3.85. The maximum Gasteiger partial charge on any atom is 0.142 e. The monoisotopic (exact) mass is 334 g/mol. The van der Waals surface area contributed by atoms with Crippen molar-refractivity contribution in [3.63, 3.8) is 0 Å². The van der Waals surface area contributed by atoms with Crippen LogP contribution in [-0.2, 0) is 0 Å². The Morgan fingerprint density at radius 1 is 0.760 bits per heavy atom. The fraction of sp³-hybridized carbons (Fsp3) is 0.143. The van der Waals surface area contributed by atoms with E-state index in [9.17, 15) is 5.11 Å². The van der Waals surface area contributed by atoms with Crippen molar-refractivity contribution in [1.29, 1.82) is 0 Å². The summed E-state index contributed by atoms with van der Waals surface area (Å²) in [6, 6.07) is 23.0. The summed E-state index contributed by atoms with van der Waals surface area (Å²) < 4.78 is 5.78. The van der Waals surface area contributed by atoms with Crippen LogP contribution in [0.3, 0.4) is 0 Å². The van der Waals surface area contributed by atoms with Crippen LogP contribution in [0, 0.1) is 0 Å². The molecular weight excluding hydrogens is 312 g/mol. The molecule has 0 saturated carbocycles. The van der Waals surface area contributed by atoms with Crippen LogP contribution >= 0.6 is 0 Å². The molecule has 128 valence electrons. The molecule has 0 atom stereocenters. The van der Waals surface area contributed by atoms with Gasteiger partial charge in [-0.05, 0) is 67.1 Å². The molecule has 0 fully saturated rings. The van der Waals surface area contributed by atoms with Gasteiger partial charge in [-0.2, -0.15) is 0 Å². The number of nitrogens with one attached hydrogen (secondary N) is 2. The molecule has 0 spiro atoms. The molecule has 3 rings (SSSR count). The third kappa shape index (κ3) is 4.67. The Morgan fingerprint density at radius 3 is 1.96 bits per heavy atom.